The van der Waals surface area contributed by atoms with Gasteiger partial charge >= 0.3 is 6.18 Å². The summed E-state index contributed by atoms with van der Waals surface area (Å²) in [6.45, 7) is 0.212. The number of hydrogen-bond acceptors (Lipinski definition) is 6. The van der Waals surface area contributed by atoms with Gasteiger partial charge < -0.3 is 19.4 Å². The van der Waals surface area contributed by atoms with Crippen molar-refractivity contribution in [2.24, 2.45) is 7.05 Å². The molecule has 11 heteroatoms. The van der Waals surface area contributed by atoms with Gasteiger partial charge in [-0.15, -0.1) is 10.2 Å². The van der Waals surface area contributed by atoms with Crippen molar-refractivity contribution < 1.29 is 27.1 Å². The molecule has 0 aliphatic heterocycles. The van der Waals surface area contributed by atoms with Gasteiger partial charge in [-0.1, -0.05) is 18.2 Å². The van der Waals surface area contributed by atoms with Crippen LogP contribution in [0.2, 0.25) is 0 Å². The first-order valence-corrected chi connectivity index (χ1v) is 12.3. The molecule has 2 aromatic heterocycles. The number of nitrogens with one attached hydrogen (secondary N) is 1. The lowest BCUT2D eigenvalue weighted by Crippen LogP contribution is -2.43. The molecule has 0 amide bonds. The number of halogens is 4. The standard InChI is InChI=1S/C28H23F4N5O2/c1-37-14-34-36-26(37)22-10-18(29)5-6-21(22)16-3-2-4-17(9-16)27-35-24-8-15(13-33-19-11-20(38)12-19)7-23(25(24)39-27)28(30,31)32/h2-10,14,19-20,33,38H,11-13H2,1H3/t19-,20-. The third-order valence-electron chi connectivity index (χ3n) is 6.92. The van der Waals surface area contributed by atoms with Crippen LogP contribution in [0.3, 0.4) is 0 Å². The van der Waals surface area contributed by atoms with Crippen molar-refractivity contribution in [2.45, 2.75) is 37.7 Å². The quantitative estimate of drug-likeness (QED) is 0.269. The van der Waals surface area contributed by atoms with Crippen LogP contribution in [-0.2, 0) is 19.8 Å². The number of benzene rings is 3. The Kier molecular flexibility index (Phi) is 6.19. The monoisotopic (exact) mass is 537 g/mol. The molecule has 1 fully saturated rings. The highest BCUT2D eigenvalue weighted by Gasteiger charge is 2.36. The summed E-state index contributed by atoms with van der Waals surface area (Å²) in [5, 5.41) is 20.6. The fourth-order valence-corrected chi connectivity index (χ4v) is 4.84. The summed E-state index contributed by atoms with van der Waals surface area (Å²) in [4.78, 5) is 4.41. The number of nitrogens with zero attached hydrogens (tertiary/aromatic N) is 4. The Morgan fingerprint density at radius 2 is 1.85 bits per heavy atom. The number of fused-ring (bicyclic) bond motifs is 1. The van der Waals surface area contributed by atoms with Gasteiger partial charge in [0.15, 0.2) is 11.4 Å². The first-order chi connectivity index (χ1) is 18.7. The Bertz CT molecular complexity index is 1670. The average Bonchev–Trinajstić information content (AvgIpc) is 3.51. The van der Waals surface area contributed by atoms with E-state index in [-0.39, 0.29) is 35.7 Å². The van der Waals surface area contributed by atoms with Crippen molar-refractivity contribution in [3.8, 4) is 34.0 Å². The van der Waals surface area contributed by atoms with Crippen LogP contribution < -0.4 is 5.32 Å². The molecule has 0 spiro atoms. The highest BCUT2D eigenvalue weighted by molar-refractivity contribution is 5.84. The number of oxazole rings is 1. The fourth-order valence-electron chi connectivity index (χ4n) is 4.84. The Labute approximate surface area is 220 Å². The zero-order chi connectivity index (χ0) is 27.3. The normalized spacial score (nSPS) is 17.5. The van der Waals surface area contributed by atoms with E-state index in [1.165, 1.54) is 18.5 Å². The zero-order valence-electron chi connectivity index (χ0n) is 20.7. The molecule has 1 aliphatic rings. The minimum atomic E-state index is -4.64. The summed E-state index contributed by atoms with van der Waals surface area (Å²) < 4.78 is 63.5. The van der Waals surface area contributed by atoms with E-state index >= 15 is 0 Å². The van der Waals surface area contributed by atoms with Gasteiger partial charge in [-0.25, -0.2) is 9.37 Å². The highest BCUT2D eigenvalue weighted by atomic mass is 19.4. The van der Waals surface area contributed by atoms with Gasteiger partial charge in [-0.2, -0.15) is 13.2 Å². The SMILES string of the molecule is Cn1cnnc1-c1cc(F)ccc1-c1cccc(-c2nc3cc(CN[C@H]4C[C@H](O)C4)cc(C(F)(F)F)c3o2)c1. The van der Waals surface area contributed by atoms with Crippen molar-refractivity contribution in [1.82, 2.24) is 25.1 Å². The van der Waals surface area contributed by atoms with E-state index in [1.54, 1.807) is 41.9 Å². The van der Waals surface area contributed by atoms with Crippen LogP contribution >= 0.6 is 0 Å². The van der Waals surface area contributed by atoms with Gasteiger partial charge in [0, 0.05) is 30.8 Å². The lowest BCUT2D eigenvalue weighted by Gasteiger charge is -2.32. The molecule has 200 valence electrons. The van der Waals surface area contributed by atoms with Gasteiger partial charge in [0.2, 0.25) is 5.89 Å². The predicted molar refractivity (Wildman–Crippen MR) is 136 cm³/mol. The molecule has 3 aromatic carbocycles. The maximum atomic E-state index is 14.2. The minimum absolute atomic E-state index is 0.0342. The Hall–Kier alpha value is -4.09. The van der Waals surface area contributed by atoms with E-state index in [0.717, 1.165) is 6.07 Å². The van der Waals surface area contributed by atoms with Crippen LogP contribution in [-0.4, -0.2) is 37.0 Å². The van der Waals surface area contributed by atoms with Crippen molar-refractivity contribution >= 4 is 11.1 Å². The minimum Gasteiger partial charge on any atom is -0.435 e. The van der Waals surface area contributed by atoms with E-state index in [0.29, 0.717) is 46.5 Å². The van der Waals surface area contributed by atoms with E-state index in [4.69, 9.17) is 4.42 Å². The third kappa shape index (κ3) is 4.90. The summed E-state index contributed by atoms with van der Waals surface area (Å²) >= 11 is 0. The maximum Gasteiger partial charge on any atom is 0.420 e. The summed E-state index contributed by atoms with van der Waals surface area (Å²) in [6, 6.07) is 14.0. The van der Waals surface area contributed by atoms with Crippen LogP contribution in [0.4, 0.5) is 17.6 Å². The van der Waals surface area contributed by atoms with Crippen LogP contribution in [0.25, 0.3) is 45.1 Å². The first-order valence-electron chi connectivity index (χ1n) is 12.3. The molecule has 6 rings (SSSR count). The number of hydrogen-bond donors (Lipinski definition) is 2. The molecule has 39 heavy (non-hydrogen) atoms. The summed E-state index contributed by atoms with van der Waals surface area (Å²) in [7, 11) is 1.75. The molecule has 0 radical (unpaired) electrons. The Morgan fingerprint density at radius 3 is 2.56 bits per heavy atom. The van der Waals surface area contributed by atoms with Crippen LogP contribution in [0.1, 0.15) is 24.0 Å². The molecule has 2 heterocycles. The lowest BCUT2D eigenvalue weighted by atomic mass is 9.89. The van der Waals surface area contributed by atoms with Gasteiger partial charge in [-0.3, -0.25) is 0 Å². The van der Waals surface area contributed by atoms with Gasteiger partial charge in [0.25, 0.3) is 0 Å². The van der Waals surface area contributed by atoms with E-state index < -0.39 is 17.6 Å². The molecule has 1 aliphatic carbocycles. The fraction of sp³-hybridized carbons (Fsp3) is 0.250. The van der Waals surface area contributed by atoms with Crippen molar-refractivity contribution in [1.29, 1.82) is 0 Å². The Morgan fingerprint density at radius 1 is 1.05 bits per heavy atom. The van der Waals surface area contributed by atoms with Crippen molar-refractivity contribution in [3.63, 3.8) is 0 Å². The molecule has 0 saturated heterocycles. The number of rotatable bonds is 6. The van der Waals surface area contributed by atoms with Crippen LogP contribution in [0.5, 0.6) is 0 Å². The third-order valence-corrected chi connectivity index (χ3v) is 6.92. The second kappa shape index (κ2) is 9.58. The molecular formula is C28H23F4N5O2. The number of aromatic nitrogens is 4. The molecule has 1 saturated carbocycles. The summed E-state index contributed by atoms with van der Waals surface area (Å²) in [6.07, 6.45) is -2.35. The highest BCUT2D eigenvalue weighted by Crippen LogP contribution is 2.39. The lowest BCUT2D eigenvalue weighted by molar-refractivity contribution is -0.136. The number of aliphatic hydroxyl groups excluding tert-OH is 1. The van der Waals surface area contributed by atoms with E-state index in [1.807, 2.05) is 6.07 Å². The molecule has 5 aromatic rings. The Balaban J connectivity index is 1.39. The molecule has 7 nitrogen and oxygen atoms in total. The molecule has 0 atom stereocenters. The molecule has 0 bridgehead atoms. The first kappa shape index (κ1) is 25.2. The predicted octanol–water partition coefficient (Wildman–Crippen LogP) is 5.73. The maximum absolute atomic E-state index is 14.2. The zero-order valence-corrected chi connectivity index (χ0v) is 20.7. The van der Waals surface area contributed by atoms with Gasteiger partial charge in [0.05, 0.1) is 6.10 Å². The van der Waals surface area contributed by atoms with E-state index in [9.17, 15) is 22.7 Å². The van der Waals surface area contributed by atoms with Crippen LogP contribution in [0, 0.1) is 5.82 Å². The molecule has 0 unspecified atom stereocenters. The van der Waals surface area contributed by atoms with Gasteiger partial charge in [0.1, 0.15) is 23.2 Å². The van der Waals surface area contributed by atoms with Crippen molar-refractivity contribution in [2.75, 3.05) is 0 Å². The number of alkyl halides is 3. The largest absolute Gasteiger partial charge is 0.435 e. The number of aliphatic hydroxyl groups is 1. The smallest absolute Gasteiger partial charge is 0.420 e. The second-order valence-electron chi connectivity index (χ2n) is 9.75. The second-order valence-corrected chi connectivity index (χ2v) is 9.75. The molecular weight excluding hydrogens is 514 g/mol. The van der Waals surface area contributed by atoms with E-state index in [2.05, 4.69) is 20.5 Å². The average molecular weight is 538 g/mol. The summed E-state index contributed by atoms with van der Waals surface area (Å²) in [5.41, 5.74) is 1.60. The number of aryl methyl sites for hydroxylation is 1. The van der Waals surface area contributed by atoms with Gasteiger partial charge in [-0.05, 0) is 65.9 Å². The molecule has 2 N–H and O–H groups in total. The van der Waals surface area contributed by atoms with Crippen molar-refractivity contribution in [3.05, 3.63) is 77.9 Å². The van der Waals surface area contributed by atoms with Crippen LogP contribution in [0.15, 0.2) is 65.3 Å². The topological polar surface area (TPSA) is 89.0 Å². The summed E-state index contributed by atoms with van der Waals surface area (Å²) in [5.74, 6) is 0.0568.